The standard InChI is InChI=1S/C24H27NO4/c26-23(14-25-13-16-9-11-17(12-10-16)24(27)28)29-15-22-20-7-3-1-5-18(20)19-6-2-4-8-21(19)22/h1-8,16-17,22,25H,9-15H2,(H,27,28). The van der Waals surface area contributed by atoms with Gasteiger partial charge in [-0.25, -0.2) is 0 Å². The lowest BCUT2D eigenvalue weighted by molar-refractivity contribution is -0.143. The molecular weight excluding hydrogens is 366 g/mol. The lowest BCUT2D eigenvalue weighted by atomic mass is 9.82. The van der Waals surface area contributed by atoms with Gasteiger partial charge in [0.1, 0.15) is 6.61 Å². The van der Waals surface area contributed by atoms with Crippen molar-refractivity contribution in [2.75, 3.05) is 19.7 Å². The summed E-state index contributed by atoms with van der Waals surface area (Å²) >= 11 is 0. The molecule has 0 spiro atoms. The average molecular weight is 393 g/mol. The zero-order valence-electron chi connectivity index (χ0n) is 16.5. The fourth-order valence-corrected chi connectivity index (χ4v) is 4.66. The van der Waals surface area contributed by atoms with Crippen LogP contribution in [0, 0.1) is 11.8 Å². The van der Waals surface area contributed by atoms with E-state index >= 15 is 0 Å². The fourth-order valence-electron chi connectivity index (χ4n) is 4.66. The predicted molar refractivity (Wildman–Crippen MR) is 111 cm³/mol. The van der Waals surface area contributed by atoms with Crippen molar-refractivity contribution >= 4 is 11.9 Å². The van der Waals surface area contributed by atoms with E-state index in [1.807, 2.05) is 24.3 Å². The lowest BCUT2D eigenvalue weighted by Gasteiger charge is -2.26. The maximum Gasteiger partial charge on any atom is 0.319 e. The summed E-state index contributed by atoms with van der Waals surface area (Å²) in [6.07, 6.45) is 3.25. The Hall–Kier alpha value is -2.66. The van der Waals surface area contributed by atoms with E-state index in [1.54, 1.807) is 0 Å². The van der Waals surface area contributed by atoms with Crippen molar-refractivity contribution in [2.24, 2.45) is 11.8 Å². The molecule has 5 nitrogen and oxygen atoms in total. The summed E-state index contributed by atoms with van der Waals surface area (Å²) in [5, 5.41) is 12.3. The van der Waals surface area contributed by atoms with Crippen molar-refractivity contribution in [2.45, 2.75) is 31.6 Å². The second-order valence-electron chi connectivity index (χ2n) is 8.10. The number of fused-ring (bicyclic) bond motifs is 3. The highest BCUT2D eigenvalue weighted by molar-refractivity contribution is 5.79. The largest absolute Gasteiger partial charge is 0.481 e. The second kappa shape index (κ2) is 8.78. The first kappa shape index (κ1) is 19.6. The average Bonchev–Trinajstić information content (AvgIpc) is 3.06. The van der Waals surface area contributed by atoms with Gasteiger partial charge in [-0.2, -0.15) is 0 Å². The maximum atomic E-state index is 12.2. The topological polar surface area (TPSA) is 75.6 Å². The van der Waals surface area contributed by atoms with Gasteiger partial charge < -0.3 is 15.2 Å². The van der Waals surface area contributed by atoms with Gasteiger partial charge in [-0.05, 0) is 60.4 Å². The van der Waals surface area contributed by atoms with E-state index in [2.05, 4.69) is 29.6 Å². The molecule has 0 radical (unpaired) electrons. The molecule has 2 aromatic rings. The number of hydrogen-bond donors (Lipinski definition) is 2. The molecule has 2 aromatic carbocycles. The molecule has 1 fully saturated rings. The summed E-state index contributed by atoms with van der Waals surface area (Å²) in [6, 6.07) is 16.6. The molecule has 0 bridgehead atoms. The number of nitrogens with one attached hydrogen (secondary N) is 1. The Balaban J connectivity index is 1.25. The monoisotopic (exact) mass is 393 g/mol. The zero-order valence-corrected chi connectivity index (χ0v) is 16.5. The highest BCUT2D eigenvalue weighted by Gasteiger charge is 2.29. The third kappa shape index (κ3) is 4.35. The van der Waals surface area contributed by atoms with Gasteiger partial charge in [0.2, 0.25) is 0 Å². The van der Waals surface area contributed by atoms with E-state index in [0.717, 1.165) is 32.2 Å². The summed E-state index contributed by atoms with van der Waals surface area (Å²) < 4.78 is 5.60. The number of carboxylic acids is 1. The molecule has 0 amide bonds. The summed E-state index contributed by atoms with van der Waals surface area (Å²) in [6.45, 7) is 1.27. The molecule has 0 unspecified atom stereocenters. The summed E-state index contributed by atoms with van der Waals surface area (Å²) in [5.74, 6) is -0.612. The molecule has 152 valence electrons. The van der Waals surface area contributed by atoms with E-state index in [0.29, 0.717) is 12.5 Å². The van der Waals surface area contributed by atoms with Crippen LogP contribution in [0.4, 0.5) is 0 Å². The highest BCUT2D eigenvalue weighted by Crippen LogP contribution is 2.44. The van der Waals surface area contributed by atoms with Crippen molar-refractivity contribution in [3.63, 3.8) is 0 Å². The number of benzene rings is 2. The molecular formula is C24H27NO4. The SMILES string of the molecule is O=C(CNCC1CCC(C(=O)O)CC1)OCC1c2ccccc2-c2ccccc21. The van der Waals surface area contributed by atoms with Crippen LogP contribution in [0.5, 0.6) is 0 Å². The lowest BCUT2D eigenvalue weighted by Crippen LogP contribution is -2.32. The molecule has 29 heavy (non-hydrogen) atoms. The van der Waals surface area contributed by atoms with Crippen molar-refractivity contribution < 1.29 is 19.4 Å². The normalized spacial score (nSPS) is 20.7. The fraction of sp³-hybridized carbons (Fsp3) is 0.417. The number of carboxylic acid groups (broad SMARTS) is 1. The Morgan fingerprint density at radius 2 is 1.52 bits per heavy atom. The Labute approximate surface area is 171 Å². The number of hydrogen-bond acceptors (Lipinski definition) is 4. The second-order valence-corrected chi connectivity index (χ2v) is 8.10. The van der Waals surface area contributed by atoms with Crippen LogP contribution < -0.4 is 5.32 Å². The number of carbonyl (C=O) groups excluding carboxylic acids is 1. The third-order valence-electron chi connectivity index (χ3n) is 6.27. The zero-order chi connectivity index (χ0) is 20.2. The minimum atomic E-state index is -0.685. The van der Waals surface area contributed by atoms with E-state index in [-0.39, 0.29) is 24.3 Å². The van der Waals surface area contributed by atoms with Gasteiger partial charge in [0, 0.05) is 5.92 Å². The minimum Gasteiger partial charge on any atom is -0.481 e. The molecule has 1 saturated carbocycles. The predicted octanol–water partition coefficient (Wildman–Crippen LogP) is 3.82. The molecule has 0 aromatic heterocycles. The van der Waals surface area contributed by atoms with Gasteiger partial charge >= 0.3 is 11.9 Å². The van der Waals surface area contributed by atoms with Crippen LogP contribution in [0.1, 0.15) is 42.7 Å². The minimum absolute atomic E-state index is 0.0812. The maximum absolute atomic E-state index is 12.2. The van der Waals surface area contributed by atoms with E-state index in [1.165, 1.54) is 22.3 Å². The van der Waals surface area contributed by atoms with Gasteiger partial charge in [-0.3, -0.25) is 9.59 Å². The van der Waals surface area contributed by atoms with E-state index in [9.17, 15) is 9.59 Å². The van der Waals surface area contributed by atoms with Gasteiger partial charge in [-0.1, -0.05) is 48.5 Å². The Morgan fingerprint density at radius 1 is 0.931 bits per heavy atom. The molecule has 0 aliphatic heterocycles. The Morgan fingerprint density at radius 3 is 2.10 bits per heavy atom. The molecule has 5 heteroatoms. The van der Waals surface area contributed by atoms with E-state index in [4.69, 9.17) is 9.84 Å². The molecule has 0 atom stereocenters. The number of ether oxygens (including phenoxy) is 1. The van der Waals surface area contributed by atoms with Crippen LogP contribution in [0.15, 0.2) is 48.5 Å². The first-order valence-electron chi connectivity index (χ1n) is 10.4. The molecule has 2 aliphatic rings. The number of esters is 1. The van der Waals surface area contributed by atoms with Crippen LogP contribution in [-0.2, 0) is 14.3 Å². The third-order valence-corrected chi connectivity index (χ3v) is 6.27. The number of aliphatic carboxylic acids is 1. The Bertz CT molecular complexity index is 840. The van der Waals surface area contributed by atoms with Gasteiger partial charge in [-0.15, -0.1) is 0 Å². The Kier molecular flexibility index (Phi) is 5.95. The van der Waals surface area contributed by atoms with Crippen LogP contribution in [0.2, 0.25) is 0 Å². The van der Waals surface area contributed by atoms with Crippen LogP contribution >= 0.6 is 0 Å². The summed E-state index contributed by atoms with van der Waals surface area (Å²) in [5.41, 5.74) is 4.87. The molecule has 2 aliphatic carbocycles. The van der Waals surface area contributed by atoms with Crippen molar-refractivity contribution in [3.05, 3.63) is 59.7 Å². The van der Waals surface area contributed by atoms with E-state index < -0.39 is 5.97 Å². The van der Waals surface area contributed by atoms with Crippen molar-refractivity contribution in [3.8, 4) is 11.1 Å². The van der Waals surface area contributed by atoms with Gasteiger partial charge in [0.25, 0.3) is 0 Å². The van der Waals surface area contributed by atoms with Crippen molar-refractivity contribution in [1.82, 2.24) is 5.32 Å². The molecule has 0 heterocycles. The van der Waals surface area contributed by atoms with Crippen LogP contribution in [0.3, 0.4) is 0 Å². The molecule has 0 saturated heterocycles. The summed E-state index contributed by atoms with van der Waals surface area (Å²) in [4.78, 5) is 23.3. The quantitative estimate of drug-likeness (QED) is 0.700. The van der Waals surface area contributed by atoms with Crippen molar-refractivity contribution in [1.29, 1.82) is 0 Å². The molecule has 2 N–H and O–H groups in total. The van der Waals surface area contributed by atoms with Crippen LogP contribution in [0.25, 0.3) is 11.1 Å². The van der Waals surface area contributed by atoms with Gasteiger partial charge in [0.15, 0.2) is 0 Å². The molecule has 4 rings (SSSR count). The summed E-state index contributed by atoms with van der Waals surface area (Å²) in [7, 11) is 0. The first-order chi connectivity index (χ1) is 14.1. The van der Waals surface area contributed by atoms with Crippen LogP contribution in [-0.4, -0.2) is 36.7 Å². The number of carbonyl (C=O) groups is 2. The highest BCUT2D eigenvalue weighted by atomic mass is 16.5. The first-order valence-corrected chi connectivity index (χ1v) is 10.4. The smallest absolute Gasteiger partial charge is 0.319 e. The number of rotatable bonds is 7. The van der Waals surface area contributed by atoms with Gasteiger partial charge in [0.05, 0.1) is 12.5 Å².